The molecule has 0 radical (unpaired) electrons. The van der Waals surface area contributed by atoms with E-state index in [1.165, 1.54) is 159 Å². The molecule has 0 amide bonds. The Morgan fingerprint density at radius 1 is 0.231 bits per heavy atom. The summed E-state index contributed by atoms with van der Waals surface area (Å²) in [4.78, 5) is 5.01. The molecule has 10 aliphatic rings. The van der Waals surface area contributed by atoms with Crippen molar-refractivity contribution in [2.24, 2.45) is 52.8 Å². The van der Waals surface area contributed by atoms with Gasteiger partial charge in [0.15, 0.2) is 0 Å². The van der Waals surface area contributed by atoms with Crippen LogP contribution in [0.5, 0.6) is 0 Å². The highest BCUT2D eigenvalue weighted by molar-refractivity contribution is 6.07. The van der Waals surface area contributed by atoms with Gasteiger partial charge in [0.05, 0.1) is 0 Å². The molecule has 8 saturated carbocycles. The second-order valence-electron chi connectivity index (χ2n) is 34.0. The lowest BCUT2D eigenvalue weighted by molar-refractivity contribution is -0.0399. The van der Waals surface area contributed by atoms with Gasteiger partial charge >= 0.3 is 0 Å². The van der Waals surface area contributed by atoms with E-state index in [0.717, 1.165) is 85.9 Å². The Morgan fingerprint density at radius 2 is 0.639 bits per heavy atom. The summed E-state index contributed by atoms with van der Waals surface area (Å²) >= 11 is 0. The molecule has 6 atom stereocenters. The van der Waals surface area contributed by atoms with Gasteiger partial charge in [-0.25, -0.2) is 0 Å². The summed E-state index contributed by atoms with van der Waals surface area (Å²) in [7, 11) is 0. The van der Waals surface area contributed by atoms with Crippen LogP contribution in [0.2, 0.25) is 0 Å². The minimum absolute atomic E-state index is 0.0206. The molecule has 14 aromatic carbocycles. The van der Waals surface area contributed by atoms with Crippen LogP contribution < -0.4 is 9.80 Å². The molecule has 3 heteroatoms. The Balaban J connectivity index is 0.581. The fourth-order valence-corrected chi connectivity index (χ4v) is 25.2. The number of para-hydroxylation sites is 1. The molecular formula is C105H82N2O. The van der Waals surface area contributed by atoms with Gasteiger partial charge in [0, 0.05) is 55.7 Å². The molecule has 7 bridgehead atoms. The lowest BCUT2D eigenvalue weighted by Crippen LogP contribution is -2.55. The van der Waals surface area contributed by atoms with Crippen molar-refractivity contribution in [3.05, 3.63) is 350 Å². The Hall–Kier alpha value is -11.5. The first-order chi connectivity index (χ1) is 53.4. The van der Waals surface area contributed by atoms with Gasteiger partial charge in [-0.05, 0) is 319 Å². The fourth-order valence-electron chi connectivity index (χ4n) is 25.2. The van der Waals surface area contributed by atoms with E-state index >= 15 is 0 Å². The quantitative estimate of drug-likeness (QED) is 0.122. The van der Waals surface area contributed by atoms with Crippen molar-refractivity contribution in [1.29, 1.82) is 0 Å². The Bertz CT molecular complexity index is 6090. The molecule has 1 aromatic heterocycles. The van der Waals surface area contributed by atoms with Gasteiger partial charge in [0.2, 0.25) is 0 Å². The van der Waals surface area contributed by atoms with Gasteiger partial charge in [-0.15, -0.1) is 0 Å². The lowest BCUT2D eigenvalue weighted by atomic mass is 9.43. The van der Waals surface area contributed by atoms with Crippen LogP contribution in [0.1, 0.15) is 86.5 Å². The minimum atomic E-state index is -0.0206. The number of hydrogen-bond acceptors (Lipinski definition) is 3. The maximum absolute atomic E-state index is 6.49. The molecule has 108 heavy (non-hydrogen) atoms. The van der Waals surface area contributed by atoms with Crippen molar-refractivity contribution in [2.75, 3.05) is 9.80 Å². The van der Waals surface area contributed by atoms with Crippen LogP contribution in [0, 0.1) is 52.8 Å². The average Bonchev–Trinajstić information content (AvgIpc) is 1.48. The zero-order valence-electron chi connectivity index (χ0n) is 60.7. The maximum atomic E-state index is 6.49. The molecule has 25 rings (SSSR count). The van der Waals surface area contributed by atoms with Gasteiger partial charge in [0.25, 0.3) is 0 Å². The number of anilines is 6. The summed E-state index contributed by atoms with van der Waals surface area (Å²) in [5.41, 5.74) is 36.2. The van der Waals surface area contributed by atoms with Crippen LogP contribution in [0.4, 0.5) is 34.1 Å². The van der Waals surface area contributed by atoms with E-state index in [1.807, 2.05) is 0 Å². The Labute approximate surface area is 632 Å². The summed E-state index contributed by atoms with van der Waals surface area (Å²) in [6, 6.07) is 125. The SMILES string of the molecule is c1ccc(-c2ccc(-c3ccc(N(c4ccc5c(c4)-c4c(-c6cccc(-c7ccc(-c8ccc(N(c9cccc(-c%10ccccc%10)c9)c9ccc%10c(c9)-c9ccccc9[C@@]%109C%10CC%11CC%12C[C@H]9C[C@@]%11%12C%10)cc8)cc7)c6)cccc4C54C5CC6CC(C5)CC4C6)c4ccc5oc6ccccc6c5c4)cc3)cc2)cc1. The highest BCUT2D eigenvalue weighted by Crippen LogP contribution is 2.82. The largest absolute Gasteiger partial charge is 0.456 e. The summed E-state index contributed by atoms with van der Waals surface area (Å²) in [5.74, 6) is 6.30. The average molecular weight is 1390 g/mol. The summed E-state index contributed by atoms with van der Waals surface area (Å²) in [6.07, 6.45) is 13.9. The van der Waals surface area contributed by atoms with Crippen molar-refractivity contribution in [2.45, 2.75) is 75.0 Å². The molecule has 3 spiro atoms. The standard InChI is InChI=1S/C105H82N2O/c1-3-14-67(15-4-1)69-28-30-70(31-29-69)72-38-42-85(43-39-72)107(89-46-49-101-94(61-89)92-23-8-10-27-100(92)108-101)88-45-48-98-95(62-88)102-90(24-13-26-99(102)104(98)80-51-65-50-66(53-80)54-81(104)52-65)77-20-11-18-75(55-77)74-34-32-71(33-35-74)73-36-40-84(41-37-73)106(86-21-12-19-76(56-86)68-16-5-2-6-17-68)87-44-47-97-93(60-87)91-22-7-9-25-96(91)105(97)82-58-78-57-79-59-83(105)64-103(78,79)63-82/h1-49,55-56,60-62,65-66,78-83H,50-54,57-59,63-64H2/t65?,66?,78?,79?,80?,81?,82-,83?,103-,104?,105+/m0/s1. The predicted octanol–water partition coefficient (Wildman–Crippen LogP) is 28.0. The number of rotatable bonds is 12. The molecule has 8 fully saturated rings. The monoisotopic (exact) mass is 1390 g/mol. The molecule has 0 saturated heterocycles. The third-order valence-electron chi connectivity index (χ3n) is 29.3. The van der Waals surface area contributed by atoms with Gasteiger partial charge in [-0.3, -0.25) is 0 Å². The van der Waals surface area contributed by atoms with E-state index in [2.05, 4.69) is 337 Å². The minimum Gasteiger partial charge on any atom is -0.456 e. The summed E-state index contributed by atoms with van der Waals surface area (Å²) in [5, 5.41) is 2.25. The second-order valence-corrected chi connectivity index (χ2v) is 34.0. The highest BCUT2D eigenvalue weighted by Gasteiger charge is 2.74. The Morgan fingerprint density at radius 3 is 1.28 bits per heavy atom. The molecule has 3 nitrogen and oxygen atoms in total. The maximum Gasteiger partial charge on any atom is 0.135 e. The molecule has 1 heterocycles. The predicted molar refractivity (Wildman–Crippen MR) is 445 cm³/mol. The first kappa shape index (κ1) is 61.6. The van der Waals surface area contributed by atoms with E-state index in [-0.39, 0.29) is 10.8 Å². The van der Waals surface area contributed by atoms with Crippen LogP contribution in [-0.4, -0.2) is 0 Å². The first-order valence-corrected chi connectivity index (χ1v) is 40.1. The van der Waals surface area contributed by atoms with E-state index in [1.54, 1.807) is 22.3 Å². The van der Waals surface area contributed by atoms with Gasteiger partial charge in [0.1, 0.15) is 11.2 Å². The second kappa shape index (κ2) is 23.2. The molecule has 3 unspecified atom stereocenters. The smallest absolute Gasteiger partial charge is 0.135 e. The number of fused-ring (bicyclic) bond motifs is 15. The zero-order chi connectivity index (χ0) is 70.6. The van der Waals surface area contributed by atoms with E-state index in [4.69, 9.17) is 4.42 Å². The topological polar surface area (TPSA) is 19.6 Å². The van der Waals surface area contributed by atoms with Crippen molar-refractivity contribution >= 4 is 56.1 Å². The third kappa shape index (κ3) is 8.85. The number of benzene rings is 14. The van der Waals surface area contributed by atoms with Crippen LogP contribution >= 0.6 is 0 Å². The van der Waals surface area contributed by atoms with Gasteiger partial charge in [-0.1, -0.05) is 237 Å². The Kier molecular flexibility index (Phi) is 13.3. The van der Waals surface area contributed by atoms with Crippen LogP contribution in [0.25, 0.3) is 111 Å². The van der Waals surface area contributed by atoms with E-state index in [9.17, 15) is 0 Å². The van der Waals surface area contributed by atoms with Crippen molar-refractivity contribution in [3.8, 4) is 89.0 Å². The molecule has 0 N–H and O–H groups in total. The lowest BCUT2D eigenvalue weighted by Gasteiger charge is -2.61. The van der Waals surface area contributed by atoms with E-state index in [0.29, 0.717) is 17.3 Å². The van der Waals surface area contributed by atoms with Crippen LogP contribution in [-0.2, 0) is 10.8 Å². The molecule has 15 aromatic rings. The molecular weight excluding hydrogens is 1310 g/mol. The van der Waals surface area contributed by atoms with Gasteiger partial charge < -0.3 is 14.2 Å². The zero-order valence-corrected chi connectivity index (χ0v) is 60.7. The fraction of sp³-hybridized carbons (Fsp3) is 0.200. The summed E-state index contributed by atoms with van der Waals surface area (Å²) < 4.78 is 6.49. The molecule has 0 aliphatic heterocycles. The van der Waals surface area contributed by atoms with E-state index < -0.39 is 0 Å². The number of hydrogen-bond donors (Lipinski definition) is 0. The highest BCUT2D eigenvalue weighted by atomic mass is 16.3. The van der Waals surface area contributed by atoms with Gasteiger partial charge in [-0.2, -0.15) is 0 Å². The normalized spacial score (nSPS) is 25.0. The number of furan rings is 1. The third-order valence-corrected chi connectivity index (χ3v) is 29.3. The van der Waals surface area contributed by atoms with Crippen LogP contribution in [0.15, 0.2) is 332 Å². The number of nitrogens with zero attached hydrogens (tertiary/aromatic N) is 2. The van der Waals surface area contributed by atoms with Crippen molar-refractivity contribution in [3.63, 3.8) is 0 Å². The van der Waals surface area contributed by atoms with Crippen molar-refractivity contribution < 1.29 is 4.42 Å². The first-order valence-electron chi connectivity index (χ1n) is 40.1. The van der Waals surface area contributed by atoms with Crippen LogP contribution in [0.3, 0.4) is 0 Å². The molecule has 518 valence electrons. The summed E-state index contributed by atoms with van der Waals surface area (Å²) in [6.45, 7) is 0. The van der Waals surface area contributed by atoms with Crippen molar-refractivity contribution in [1.82, 2.24) is 0 Å². The molecule has 10 aliphatic carbocycles.